The Balaban J connectivity index is 1.85. The predicted molar refractivity (Wildman–Crippen MR) is 142 cm³/mol. The molecule has 1 aliphatic carbocycles. The number of nitrogens with zero attached hydrogens (tertiary/aromatic N) is 1. The maximum Gasteiger partial charge on any atom is 0.307 e. The van der Waals surface area contributed by atoms with Crippen LogP contribution in [0.15, 0.2) is 48.5 Å². The second-order valence-electron chi connectivity index (χ2n) is 9.60. The number of amides is 2. The maximum atomic E-state index is 13.9. The quantitative estimate of drug-likeness (QED) is 0.351. The van der Waals surface area contributed by atoms with Gasteiger partial charge in [-0.05, 0) is 42.5 Å². The zero-order valence-electron chi connectivity index (χ0n) is 22.3. The van der Waals surface area contributed by atoms with Crippen LogP contribution in [0.25, 0.3) is 0 Å². The second-order valence-corrected chi connectivity index (χ2v) is 9.60. The van der Waals surface area contributed by atoms with Gasteiger partial charge < -0.3 is 29.9 Å². The lowest BCUT2D eigenvalue weighted by molar-refractivity contribution is -0.149. The summed E-state index contributed by atoms with van der Waals surface area (Å²) < 4.78 is 10.6. The first-order valence-corrected chi connectivity index (χ1v) is 13.0. The van der Waals surface area contributed by atoms with E-state index >= 15 is 0 Å². The maximum absolute atomic E-state index is 13.9. The average molecular weight is 541 g/mol. The van der Waals surface area contributed by atoms with Gasteiger partial charge >= 0.3 is 11.9 Å². The molecule has 0 heterocycles. The van der Waals surface area contributed by atoms with Crippen LogP contribution >= 0.6 is 0 Å². The van der Waals surface area contributed by atoms with Crippen LogP contribution in [0.4, 0.5) is 0 Å². The molecule has 10 heteroatoms. The molecule has 0 unspecified atom stereocenters. The first-order chi connectivity index (χ1) is 18.7. The van der Waals surface area contributed by atoms with Crippen molar-refractivity contribution in [2.45, 2.75) is 44.6 Å². The highest BCUT2D eigenvalue weighted by Gasteiger charge is 2.38. The van der Waals surface area contributed by atoms with Crippen LogP contribution in [-0.2, 0) is 25.6 Å². The number of carboxylic acids is 2. The van der Waals surface area contributed by atoms with Crippen molar-refractivity contribution in [2.24, 2.45) is 11.8 Å². The van der Waals surface area contributed by atoms with Crippen LogP contribution in [-0.4, -0.2) is 66.2 Å². The van der Waals surface area contributed by atoms with Gasteiger partial charge in [0.05, 0.1) is 32.5 Å². The summed E-state index contributed by atoms with van der Waals surface area (Å²) in [5.41, 5.74) is 1.39. The number of nitrogens with one attached hydrogen (secondary N) is 1. The summed E-state index contributed by atoms with van der Waals surface area (Å²) in [5.74, 6) is -3.46. The predicted octanol–water partition coefficient (Wildman–Crippen LogP) is 3.30. The highest BCUT2D eigenvalue weighted by molar-refractivity contribution is 5.91. The number of aliphatic carboxylic acids is 2. The number of methoxy groups -OCH3 is 2. The summed E-state index contributed by atoms with van der Waals surface area (Å²) in [6.45, 7) is 0.143. The van der Waals surface area contributed by atoms with Crippen LogP contribution in [0.5, 0.6) is 11.5 Å². The van der Waals surface area contributed by atoms with Crippen LogP contribution < -0.4 is 14.8 Å². The number of carbonyl (C=O) groups is 4. The standard InChI is InChI=1S/C29H36N2O8/c1-38-23-13-12-19(18-24(23)39-2)14-16-31(17-15-25(32)33)28(35)26(20-8-4-3-5-9-20)30-27(34)21-10-6-7-11-22(21)29(36)37/h3-5,8-9,12-13,18,21-22,26H,6-7,10-11,14-17H2,1-2H3,(H,30,34)(H,32,33)(H,36,37)/t21-,22-,26+/m1/s1. The number of ether oxygens (including phenoxy) is 2. The van der Waals surface area contributed by atoms with Gasteiger partial charge in [0, 0.05) is 13.1 Å². The van der Waals surface area contributed by atoms with E-state index in [0.717, 1.165) is 18.4 Å². The van der Waals surface area contributed by atoms with Crippen molar-refractivity contribution in [1.29, 1.82) is 0 Å². The van der Waals surface area contributed by atoms with E-state index in [1.807, 2.05) is 6.07 Å². The molecule has 0 spiro atoms. The van der Waals surface area contributed by atoms with Crippen LogP contribution in [0.3, 0.4) is 0 Å². The molecule has 0 saturated heterocycles. The third-order valence-electron chi connectivity index (χ3n) is 7.11. The van der Waals surface area contributed by atoms with Crippen molar-refractivity contribution in [3.63, 3.8) is 0 Å². The normalized spacial score (nSPS) is 17.5. The van der Waals surface area contributed by atoms with Gasteiger partial charge in [0.15, 0.2) is 11.5 Å². The zero-order valence-corrected chi connectivity index (χ0v) is 22.3. The fourth-order valence-electron chi connectivity index (χ4n) is 4.97. The summed E-state index contributed by atoms with van der Waals surface area (Å²) >= 11 is 0. The Kier molecular flexibility index (Phi) is 10.7. The Morgan fingerprint density at radius 1 is 0.923 bits per heavy atom. The SMILES string of the molecule is COc1ccc(CCN(CCC(=O)O)C(=O)[C@@H](NC(=O)[C@@H]2CCCC[C@H]2C(=O)O)c2ccccc2)cc1OC. The van der Waals surface area contributed by atoms with Gasteiger partial charge in [0.25, 0.3) is 0 Å². The molecule has 0 bridgehead atoms. The lowest BCUT2D eigenvalue weighted by atomic mass is 9.78. The number of rotatable bonds is 13. The van der Waals surface area contributed by atoms with Gasteiger partial charge in [0.2, 0.25) is 11.8 Å². The molecular weight excluding hydrogens is 504 g/mol. The number of benzene rings is 2. The Morgan fingerprint density at radius 2 is 1.59 bits per heavy atom. The van der Waals surface area contributed by atoms with Crippen LogP contribution in [0, 0.1) is 11.8 Å². The van der Waals surface area contributed by atoms with E-state index in [1.165, 1.54) is 19.1 Å². The van der Waals surface area contributed by atoms with Gasteiger partial charge in [0.1, 0.15) is 6.04 Å². The highest BCUT2D eigenvalue weighted by atomic mass is 16.5. The molecular formula is C29H36N2O8. The molecule has 0 aromatic heterocycles. The van der Waals surface area contributed by atoms with Crippen molar-refractivity contribution in [1.82, 2.24) is 10.2 Å². The van der Waals surface area contributed by atoms with Crippen molar-refractivity contribution < 1.29 is 38.9 Å². The minimum atomic E-state index is -1.09. The van der Waals surface area contributed by atoms with Gasteiger partial charge in [-0.15, -0.1) is 0 Å². The van der Waals surface area contributed by atoms with E-state index in [2.05, 4.69) is 5.32 Å². The molecule has 10 nitrogen and oxygen atoms in total. The minimum absolute atomic E-state index is 0.0537. The molecule has 3 atom stereocenters. The van der Waals surface area contributed by atoms with Gasteiger partial charge in [-0.2, -0.15) is 0 Å². The molecule has 1 saturated carbocycles. The van der Waals surface area contributed by atoms with E-state index in [4.69, 9.17) is 9.47 Å². The van der Waals surface area contributed by atoms with E-state index in [9.17, 15) is 29.4 Å². The van der Waals surface area contributed by atoms with E-state index in [-0.39, 0.29) is 19.5 Å². The molecule has 3 N–H and O–H groups in total. The van der Waals surface area contributed by atoms with Crippen molar-refractivity contribution in [3.8, 4) is 11.5 Å². The molecule has 210 valence electrons. The smallest absolute Gasteiger partial charge is 0.307 e. The van der Waals surface area contributed by atoms with E-state index in [0.29, 0.717) is 36.3 Å². The number of carbonyl (C=O) groups excluding carboxylic acids is 2. The summed E-state index contributed by atoms with van der Waals surface area (Å²) in [5, 5.41) is 21.8. The second kappa shape index (κ2) is 14.2. The number of carboxylic acid groups (broad SMARTS) is 2. The van der Waals surface area contributed by atoms with Crippen molar-refractivity contribution in [3.05, 3.63) is 59.7 Å². The summed E-state index contributed by atoms with van der Waals surface area (Å²) in [6.07, 6.45) is 2.46. The molecule has 0 aliphatic heterocycles. The fraction of sp³-hybridized carbons (Fsp3) is 0.448. The van der Waals surface area contributed by atoms with Gasteiger partial charge in [-0.1, -0.05) is 49.2 Å². The molecule has 2 aromatic rings. The molecule has 1 fully saturated rings. The summed E-state index contributed by atoms with van der Waals surface area (Å²) in [7, 11) is 3.06. The Bertz CT molecular complexity index is 1150. The first kappa shape index (κ1) is 29.5. The molecule has 3 rings (SSSR count). The van der Waals surface area contributed by atoms with E-state index < -0.39 is 41.6 Å². The van der Waals surface area contributed by atoms with Gasteiger partial charge in [-0.25, -0.2) is 0 Å². The highest BCUT2D eigenvalue weighted by Crippen LogP contribution is 2.32. The minimum Gasteiger partial charge on any atom is -0.493 e. The van der Waals surface area contributed by atoms with Crippen LogP contribution in [0.1, 0.15) is 49.3 Å². The number of hydrogen-bond donors (Lipinski definition) is 3. The summed E-state index contributed by atoms with van der Waals surface area (Å²) in [4.78, 5) is 51.8. The molecule has 39 heavy (non-hydrogen) atoms. The van der Waals surface area contributed by atoms with Gasteiger partial charge in [-0.3, -0.25) is 19.2 Å². The topological polar surface area (TPSA) is 142 Å². The molecule has 0 radical (unpaired) electrons. The van der Waals surface area contributed by atoms with E-state index in [1.54, 1.807) is 42.5 Å². The van der Waals surface area contributed by atoms with Crippen LogP contribution in [0.2, 0.25) is 0 Å². The largest absolute Gasteiger partial charge is 0.493 e. The zero-order chi connectivity index (χ0) is 28.4. The fourth-order valence-corrected chi connectivity index (χ4v) is 4.97. The third kappa shape index (κ3) is 7.95. The van der Waals surface area contributed by atoms with Crippen molar-refractivity contribution in [2.75, 3.05) is 27.3 Å². The number of hydrogen-bond acceptors (Lipinski definition) is 6. The lowest BCUT2D eigenvalue weighted by Crippen LogP contribution is -2.47. The monoisotopic (exact) mass is 540 g/mol. The Hall–Kier alpha value is -4.08. The molecule has 2 aromatic carbocycles. The molecule has 1 aliphatic rings. The third-order valence-corrected chi connectivity index (χ3v) is 7.11. The van der Waals surface area contributed by atoms with Crippen molar-refractivity contribution >= 4 is 23.8 Å². The molecule has 2 amide bonds. The Labute approximate surface area is 227 Å². The summed E-state index contributed by atoms with van der Waals surface area (Å²) in [6, 6.07) is 13.0. The lowest BCUT2D eigenvalue weighted by Gasteiger charge is -2.31. The first-order valence-electron chi connectivity index (χ1n) is 13.0. The Morgan fingerprint density at radius 3 is 2.21 bits per heavy atom. The average Bonchev–Trinajstić information content (AvgIpc) is 2.95.